The Morgan fingerprint density at radius 1 is 0.895 bits per heavy atom. The Hall–Kier alpha value is -1.19. The summed E-state index contributed by atoms with van der Waals surface area (Å²) in [5.74, 6) is -3.97. The number of benzene rings is 2. The maximum Gasteiger partial charge on any atom is 0.194 e. The van der Waals surface area contributed by atoms with Gasteiger partial charge in [0.2, 0.25) is 0 Å². The summed E-state index contributed by atoms with van der Waals surface area (Å²) in [5, 5.41) is -0.204. The van der Waals surface area contributed by atoms with Gasteiger partial charge in [-0.1, -0.05) is 29.8 Å². The van der Waals surface area contributed by atoms with Crippen LogP contribution in [0.5, 0.6) is 0 Å². The van der Waals surface area contributed by atoms with E-state index >= 15 is 0 Å². The zero-order valence-corrected chi connectivity index (χ0v) is 11.2. The van der Waals surface area contributed by atoms with Crippen LogP contribution in [-0.4, -0.2) is 0 Å². The Kier molecular flexibility index (Phi) is 4.38. The van der Waals surface area contributed by atoms with Crippen molar-refractivity contribution in [2.45, 2.75) is 11.8 Å². The summed E-state index contributed by atoms with van der Waals surface area (Å²) in [6.07, 6.45) is 0.292. The number of hydrogen-bond acceptors (Lipinski definition) is 0. The number of hydrogen-bond donors (Lipinski definition) is 0. The summed E-state index contributed by atoms with van der Waals surface area (Å²) < 4.78 is 39.5. The van der Waals surface area contributed by atoms with E-state index in [1.807, 2.05) is 0 Å². The van der Waals surface area contributed by atoms with E-state index in [2.05, 4.69) is 0 Å². The molecule has 1 atom stereocenters. The minimum atomic E-state index is -1.50. The fourth-order valence-electron chi connectivity index (χ4n) is 1.72. The van der Waals surface area contributed by atoms with Gasteiger partial charge in [-0.2, -0.15) is 0 Å². The lowest BCUT2D eigenvalue weighted by molar-refractivity contribution is 0.440. The molecular formula is C14H9Cl2F3. The third kappa shape index (κ3) is 3.23. The average molecular weight is 305 g/mol. The number of rotatable bonds is 3. The number of halogens is 5. The fourth-order valence-corrected chi connectivity index (χ4v) is 2.19. The largest absolute Gasteiger partial charge is 0.204 e. The van der Waals surface area contributed by atoms with E-state index in [1.165, 1.54) is 0 Å². The molecule has 0 nitrogen and oxygen atoms in total. The Morgan fingerprint density at radius 2 is 1.53 bits per heavy atom. The first-order valence-electron chi connectivity index (χ1n) is 5.51. The van der Waals surface area contributed by atoms with Gasteiger partial charge in [-0.15, -0.1) is 11.6 Å². The zero-order chi connectivity index (χ0) is 14.0. The van der Waals surface area contributed by atoms with Crippen molar-refractivity contribution >= 4 is 23.2 Å². The van der Waals surface area contributed by atoms with Gasteiger partial charge in [-0.3, -0.25) is 0 Å². The highest BCUT2D eigenvalue weighted by molar-refractivity contribution is 6.30. The van der Waals surface area contributed by atoms with E-state index in [1.54, 1.807) is 24.3 Å². The number of alkyl halides is 1. The van der Waals surface area contributed by atoms with Gasteiger partial charge in [0.15, 0.2) is 17.5 Å². The molecule has 19 heavy (non-hydrogen) atoms. The molecule has 0 aliphatic rings. The third-order valence-electron chi connectivity index (χ3n) is 2.73. The molecule has 0 N–H and O–H groups in total. The van der Waals surface area contributed by atoms with Crippen molar-refractivity contribution in [2.75, 3.05) is 0 Å². The van der Waals surface area contributed by atoms with Gasteiger partial charge < -0.3 is 0 Å². The van der Waals surface area contributed by atoms with Crippen molar-refractivity contribution < 1.29 is 13.2 Å². The van der Waals surface area contributed by atoms with Crippen LogP contribution in [0.1, 0.15) is 16.5 Å². The summed E-state index contributed by atoms with van der Waals surface area (Å²) >= 11 is 11.8. The molecule has 0 spiro atoms. The standard InChI is InChI=1S/C14H9Cl2F3/c15-9-3-1-8(2-4-9)7-11(16)10-5-6-12(17)14(19)13(10)18/h1-6,11H,7H2. The smallest absolute Gasteiger partial charge is 0.194 e. The molecule has 5 heteroatoms. The zero-order valence-electron chi connectivity index (χ0n) is 9.64. The summed E-state index contributed by atoms with van der Waals surface area (Å²) in [6, 6.07) is 8.88. The van der Waals surface area contributed by atoms with Crippen molar-refractivity contribution in [1.82, 2.24) is 0 Å². The van der Waals surface area contributed by atoms with Crippen LogP contribution in [0.25, 0.3) is 0 Å². The second-order valence-electron chi connectivity index (χ2n) is 4.06. The summed E-state index contributed by atoms with van der Waals surface area (Å²) in [4.78, 5) is 0. The van der Waals surface area contributed by atoms with E-state index in [-0.39, 0.29) is 5.56 Å². The second kappa shape index (κ2) is 5.85. The van der Waals surface area contributed by atoms with Crippen molar-refractivity contribution in [3.63, 3.8) is 0 Å². The van der Waals surface area contributed by atoms with Crippen LogP contribution in [0.4, 0.5) is 13.2 Å². The summed E-state index contributed by atoms with van der Waals surface area (Å²) in [7, 11) is 0. The lowest BCUT2D eigenvalue weighted by Gasteiger charge is -2.11. The van der Waals surface area contributed by atoms with Crippen molar-refractivity contribution in [2.24, 2.45) is 0 Å². The third-order valence-corrected chi connectivity index (χ3v) is 3.37. The van der Waals surface area contributed by atoms with Gasteiger partial charge in [0.05, 0.1) is 5.38 Å². The predicted octanol–water partition coefficient (Wildman–Crippen LogP) is 5.28. The molecule has 0 fully saturated rings. The fraction of sp³-hybridized carbons (Fsp3) is 0.143. The maximum absolute atomic E-state index is 13.6. The van der Waals surface area contributed by atoms with Crippen molar-refractivity contribution in [3.05, 3.63) is 70.0 Å². The Bertz CT molecular complexity index is 582. The van der Waals surface area contributed by atoms with E-state index < -0.39 is 22.8 Å². The van der Waals surface area contributed by atoms with Crippen LogP contribution in [0.3, 0.4) is 0 Å². The van der Waals surface area contributed by atoms with Crippen molar-refractivity contribution in [3.8, 4) is 0 Å². The molecule has 0 saturated carbocycles. The van der Waals surface area contributed by atoms with Gasteiger partial charge in [0, 0.05) is 10.6 Å². The van der Waals surface area contributed by atoms with Gasteiger partial charge >= 0.3 is 0 Å². The van der Waals surface area contributed by atoms with Gasteiger partial charge in [-0.05, 0) is 30.2 Å². The van der Waals surface area contributed by atoms with Crippen LogP contribution in [0.2, 0.25) is 5.02 Å². The predicted molar refractivity (Wildman–Crippen MR) is 70.1 cm³/mol. The molecule has 0 amide bonds. The van der Waals surface area contributed by atoms with Gasteiger partial charge in [0.25, 0.3) is 0 Å². The monoisotopic (exact) mass is 304 g/mol. The molecule has 0 aliphatic heterocycles. The highest BCUT2D eigenvalue weighted by Crippen LogP contribution is 2.29. The van der Waals surface area contributed by atoms with Crippen molar-refractivity contribution in [1.29, 1.82) is 0 Å². The lowest BCUT2D eigenvalue weighted by Crippen LogP contribution is -2.03. The molecule has 2 rings (SSSR count). The van der Waals surface area contributed by atoms with E-state index in [4.69, 9.17) is 23.2 Å². The first kappa shape index (κ1) is 14.2. The lowest BCUT2D eigenvalue weighted by atomic mass is 10.0. The van der Waals surface area contributed by atoms with Crippen LogP contribution in [0, 0.1) is 17.5 Å². The minimum Gasteiger partial charge on any atom is -0.204 e. The van der Waals surface area contributed by atoms with E-state index in [0.29, 0.717) is 11.4 Å². The molecule has 0 aliphatic carbocycles. The van der Waals surface area contributed by atoms with Crippen LogP contribution in [-0.2, 0) is 6.42 Å². The Morgan fingerprint density at radius 3 is 2.16 bits per heavy atom. The topological polar surface area (TPSA) is 0 Å². The minimum absolute atomic E-state index is 0.0597. The summed E-state index contributed by atoms with van der Waals surface area (Å²) in [6.45, 7) is 0. The van der Waals surface area contributed by atoms with Crippen LogP contribution < -0.4 is 0 Å². The first-order chi connectivity index (χ1) is 8.99. The van der Waals surface area contributed by atoms with Gasteiger partial charge in [-0.25, -0.2) is 13.2 Å². The molecule has 2 aromatic carbocycles. The Labute approximate surface area is 118 Å². The quantitative estimate of drug-likeness (QED) is 0.534. The maximum atomic E-state index is 13.6. The summed E-state index contributed by atoms with van der Waals surface area (Å²) in [5.41, 5.74) is 0.768. The first-order valence-corrected chi connectivity index (χ1v) is 6.32. The molecule has 100 valence electrons. The highest BCUT2D eigenvalue weighted by atomic mass is 35.5. The molecule has 0 bridgehead atoms. The molecular weight excluding hydrogens is 296 g/mol. The average Bonchev–Trinajstić information content (AvgIpc) is 2.39. The molecule has 0 heterocycles. The normalized spacial score (nSPS) is 12.5. The van der Waals surface area contributed by atoms with E-state index in [9.17, 15) is 13.2 Å². The second-order valence-corrected chi connectivity index (χ2v) is 5.03. The molecule has 0 saturated heterocycles. The molecule has 0 aromatic heterocycles. The van der Waals surface area contributed by atoms with E-state index in [0.717, 1.165) is 17.7 Å². The van der Waals surface area contributed by atoms with Crippen LogP contribution in [0.15, 0.2) is 36.4 Å². The molecule has 0 radical (unpaired) electrons. The SMILES string of the molecule is Fc1ccc(C(Cl)Cc2ccc(Cl)cc2)c(F)c1F. The van der Waals surface area contributed by atoms with Gasteiger partial charge in [0.1, 0.15) is 0 Å². The molecule has 2 aromatic rings. The Balaban J connectivity index is 2.23. The van der Waals surface area contributed by atoms with Crippen LogP contribution >= 0.6 is 23.2 Å². The highest BCUT2D eigenvalue weighted by Gasteiger charge is 2.19. The molecule has 1 unspecified atom stereocenters.